The summed E-state index contributed by atoms with van der Waals surface area (Å²) >= 11 is 7.38. The first-order valence-electron chi connectivity index (χ1n) is 3.98. The molecule has 2 aromatic rings. The number of nitrogens with zero attached hydrogens (tertiary/aromatic N) is 1. The number of aliphatic hydroxyl groups is 1. The van der Waals surface area contributed by atoms with Gasteiger partial charge in [0.25, 0.3) is 0 Å². The quantitative estimate of drug-likeness (QED) is 0.808. The van der Waals surface area contributed by atoms with Crippen LogP contribution in [0.25, 0.3) is 10.1 Å². The van der Waals surface area contributed by atoms with Crippen molar-refractivity contribution >= 4 is 33.0 Å². The van der Waals surface area contributed by atoms with Crippen molar-refractivity contribution in [2.45, 2.75) is 6.61 Å². The van der Waals surface area contributed by atoms with Gasteiger partial charge in [-0.25, -0.2) is 0 Å². The van der Waals surface area contributed by atoms with Crippen LogP contribution in [-0.4, -0.2) is 5.11 Å². The topological polar surface area (TPSA) is 44.0 Å². The van der Waals surface area contributed by atoms with Crippen LogP contribution in [-0.2, 0) is 6.61 Å². The number of fused-ring (bicyclic) bond motifs is 1. The predicted molar refractivity (Wildman–Crippen MR) is 57.5 cm³/mol. The number of aliphatic hydroxyl groups excluding tert-OH is 1. The Labute approximate surface area is 90.0 Å². The molecule has 0 aliphatic rings. The molecule has 70 valence electrons. The molecule has 1 aromatic carbocycles. The second kappa shape index (κ2) is 3.58. The minimum atomic E-state index is -0.0133. The van der Waals surface area contributed by atoms with Gasteiger partial charge in [-0.1, -0.05) is 11.6 Å². The van der Waals surface area contributed by atoms with E-state index in [1.807, 2.05) is 6.07 Å². The van der Waals surface area contributed by atoms with Gasteiger partial charge in [0, 0.05) is 15.3 Å². The molecule has 2 nitrogen and oxygen atoms in total. The Hall–Kier alpha value is -1.08. The van der Waals surface area contributed by atoms with E-state index in [4.69, 9.17) is 22.0 Å². The van der Waals surface area contributed by atoms with Crippen LogP contribution >= 0.6 is 22.9 Å². The van der Waals surface area contributed by atoms with Crippen LogP contribution in [0.4, 0.5) is 0 Å². The molecule has 1 N–H and O–H groups in total. The summed E-state index contributed by atoms with van der Waals surface area (Å²) in [5.41, 5.74) is 0.606. The van der Waals surface area contributed by atoms with Crippen molar-refractivity contribution in [1.82, 2.24) is 0 Å². The van der Waals surface area contributed by atoms with Crippen molar-refractivity contribution < 1.29 is 5.11 Å². The predicted octanol–water partition coefficient (Wildman–Crippen LogP) is 2.92. The first-order chi connectivity index (χ1) is 6.76. The van der Waals surface area contributed by atoms with E-state index in [0.29, 0.717) is 10.6 Å². The molecule has 0 atom stereocenters. The fraction of sp³-hybridized carbons (Fsp3) is 0.100. The molecule has 1 aromatic heterocycles. The third kappa shape index (κ3) is 1.38. The van der Waals surface area contributed by atoms with Gasteiger partial charge in [0.05, 0.1) is 16.9 Å². The third-order valence-electron chi connectivity index (χ3n) is 1.96. The summed E-state index contributed by atoms with van der Waals surface area (Å²) < 4.78 is 0.851. The summed E-state index contributed by atoms with van der Waals surface area (Å²) in [6.07, 6.45) is 0. The number of hydrogen-bond acceptors (Lipinski definition) is 3. The molecule has 1 heterocycles. The first kappa shape index (κ1) is 9.47. The van der Waals surface area contributed by atoms with E-state index in [9.17, 15) is 0 Å². The Kier molecular flexibility index (Phi) is 2.42. The highest BCUT2D eigenvalue weighted by atomic mass is 35.5. The lowest BCUT2D eigenvalue weighted by molar-refractivity contribution is 0.285. The van der Waals surface area contributed by atoms with Gasteiger partial charge < -0.3 is 5.11 Å². The van der Waals surface area contributed by atoms with E-state index in [1.165, 1.54) is 11.3 Å². The molecule has 0 saturated heterocycles. The van der Waals surface area contributed by atoms with Crippen LogP contribution in [0.5, 0.6) is 0 Å². The molecule has 14 heavy (non-hydrogen) atoms. The summed E-state index contributed by atoms with van der Waals surface area (Å²) in [7, 11) is 0. The van der Waals surface area contributed by atoms with Crippen LogP contribution in [0.3, 0.4) is 0 Å². The van der Waals surface area contributed by atoms with Crippen LogP contribution in [0.15, 0.2) is 18.2 Å². The average molecular weight is 224 g/mol. The van der Waals surface area contributed by atoms with Gasteiger partial charge in [-0.15, -0.1) is 11.3 Å². The van der Waals surface area contributed by atoms with E-state index in [-0.39, 0.29) is 6.61 Å². The lowest BCUT2D eigenvalue weighted by Crippen LogP contribution is -1.73. The highest BCUT2D eigenvalue weighted by Crippen LogP contribution is 2.33. The van der Waals surface area contributed by atoms with E-state index < -0.39 is 0 Å². The van der Waals surface area contributed by atoms with Gasteiger partial charge in [-0.3, -0.25) is 0 Å². The molecule has 0 amide bonds. The van der Waals surface area contributed by atoms with Crippen LogP contribution in [0, 0.1) is 11.3 Å². The Morgan fingerprint density at radius 2 is 2.29 bits per heavy atom. The molecule has 0 saturated carbocycles. The maximum Gasteiger partial charge on any atom is 0.101 e. The van der Waals surface area contributed by atoms with Crippen molar-refractivity contribution in [3.63, 3.8) is 0 Å². The molecule has 0 spiro atoms. The zero-order chi connectivity index (χ0) is 10.1. The highest BCUT2D eigenvalue weighted by molar-refractivity contribution is 7.19. The fourth-order valence-electron chi connectivity index (χ4n) is 1.31. The zero-order valence-electron chi connectivity index (χ0n) is 7.12. The number of hydrogen-bond donors (Lipinski definition) is 1. The third-order valence-corrected chi connectivity index (χ3v) is 3.44. The molecule has 0 aliphatic heterocycles. The Bertz CT molecular complexity index is 527. The van der Waals surface area contributed by atoms with Crippen molar-refractivity contribution in [1.29, 1.82) is 5.26 Å². The molecule has 0 fully saturated rings. The monoisotopic (exact) mass is 223 g/mol. The fourth-order valence-corrected chi connectivity index (χ4v) is 2.58. The van der Waals surface area contributed by atoms with Gasteiger partial charge in [-0.05, 0) is 18.2 Å². The summed E-state index contributed by atoms with van der Waals surface area (Å²) in [6.45, 7) is -0.0133. The maximum atomic E-state index is 8.98. The van der Waals surface area contributed by atoms with Gasteiger partial charge in [0.2, 0.25) is 0 Å². The lowest BCUT2D eigenvalue weighted by atomic mass is 10.2. The normalized spacial score (nSPS) is 10.4. The maximum absolute atomic E-state index is 8.98. The minimum absolute atomic E-state index is 0.0133. The second-order valence-electron chi connectivity index (χ2n) is 2.82. The van der Waals surface area contributed by atoms with Crippen molar-refractivity contribution in [3.05, 3.63) is 33.7 Å². The molecule has 4 heteroatoms. The molecule has 0 aliphatic carbocycles. The lowest BCUT2D eigenvalue weighted by Gasteiger charge is -1.94. The number of nitriles is 1. The molecule has 0 bridgehead atoms. The second-order valence-corrected chi connectivity index (χ2v) is 4.36. The van der Waals surface area contributed by atoms with Gasteiger partial charge in [0.15, 0.2) is 0 Å². The summed E-state index contributed by atoms with van der Waals surface area (Å²) in [5, 5.41) is 19.3. The average Bonchev–Trinajstić information content (AvgIpc) is 2.63. The summed E-state index contributed by atoms with van der Waals surface area (Å²) in [5.74, 6) is 0. The highest BCUT2D eigenvalue weighted by Gasteiger charge is 2.08. The van der Waals surface area contributed by atoms with E-state index in [2.05, 4.69) is 6.07 Å². The molecule has 0 unspecified atom stereocenters. The largest absolute Gasteiger partial charge is 0.391 e. The minimum Gasteiger partial charge on any atom is -0.391 e. The van der Waals surface area contributed by atoms with Gasteiger partial charge in [0.1, 0.15) is 6.07 Å². The number of halogens is 1. The Morgan fingerprint density at radius 1 is 1.50 bits per heavy atom. The van der Waals surface area contributed by atoms with Crippen LogP contribution in [0.2, 0.25) is 5.02 Å². The number of benzene rings is 1. The Morgan fingerprint density at radius 3 is 2.93 bits per heavy atom. The number of thiophene rings is 1. The van der Waals surface area contributed by atoms with Crippen molar-refractivity contribution in [3.8, 4) is 6.07 Å². The van der Waals surface area contributed by atoms with E-state index in [1.54, 1.807) is 12.1 Å². The smallest absolute Gasteiger partial charge is 0.101 e. The van der Waals surface area contributed by atoms with Gasteiger partial charge in [-0.2, -0.15) is 5.26 Å². The zero-order valence-corrected chi connectivity index (χ0v) is 8.69. The standard InChI is InChI=1S/C10H6ClNOS/c11-9-2-1-6(4-12)10-8(9)3-7(5-13)14-10/h1-3,13H,5H2. The summed E-state index contributed by atoms with van der Waals surface area (Å²) in [6, 6.07) is 7.33. The molecule has 2 rings (SSSR count). The number of rotatable bonds is 1. The van der Waals surface area contributed by atoms with E-state index >= 15 is 0 Å². The molecule has 0 radical (unpaired) electrons. The van der Waals surface area contributed by atoms with Crippen LogP contribution in [0.1, 0.15) is 10.4 Å². The Balaban J connectivity index is 2.83. The van der Waals surface area contributed by atoms with Gasteiger partial charge >= 0.3 is 0 Å². The van der Waals surface area contributed by atoms with Crippen molar-refractivity contribution in [2.24, 2.45) is 0 Å². The van der Waals surface area contributed by atoms with Crippen LogP contribution < -0.4 is 0 Å². The van der Waals surface area contributed by atoms with E-state index in [0.717, 1.165) is 15.0 Å². The molecular formula is C10H6ClNOS. The molecular weight excluding hydrogens is 218 g/mol. The first-order valence-corrected chi connectivity index (χ1v) is 5.17. The SMILES string of the molecule is N#Cc1ccc(Cl)c2cc(CO)sc12. The van der Waals surface area contributed by atoms with Crippen molar-refractivity contribution in [2.75, 3.05) is 0 Å². The summed E-state index contributed by atoms with van der Waals surface area (Å²) in [4.78, 5) is 0.824.